The Labute approximate surface area is 355 Å². The van der Waals surface area contributed by atoms with E-state index in [1.54, 1.807) is 0 Å². The van der Waals surface area contributed by atoms with Gasteiger partial charge in [-0.2, -0.15) is 0 Å². The van der Waals surface area contributed by atoms with Crippen molar-refractivity contribution in [2.75, 3.05) is 13.2 Å². The Kier molecular flexibility index (Phi) is 42.7. The van der Waals surface area contributed by atoms with Crippen molar-refractivity contribution in [1.29, 1.82) is 0 Å². The summed E-state index contributed by atoms with van der Waals surface area (Å²) in [6.07, 6.45) is 43.7. The fraction of sp³-hybridized carbons (Fsp3) is 0.941. The van der Waals surface area contributed by atoms with Crippen LogP contribution in [0.4, 0.5) is 0 Å². The van der Waals surface area contributed by atoms with E-state index in [0.717, 1.165) is 69.6 Å². The van der Waals surface area contributed by atoms with Crippen LogP contribution in [0.25, 0.3) is 0 Å². The van der Waals surface area contributed by atoms with Crippen LogP contribution in [0.1, 0.15) is 279 Å². The van der Waals surface area contributed by atoms with E-state index in [-0.39, 0.29) is 31.1 Å². The molecule has 0 saturated heterocycles. The molecule has 0 bridgehead atoms. The van der Waals surface area contributed by atoms with Crippen LogP contribution in [0.5, 0.6) is 0 Å². The van der Waals surface area contributed by atoms with Gasteiger partial charge in [0.05, 0.1) is 0 Å². The Bertz CT molecular complexity index is 872. The average Bonchev–Trinajstić information content (AvgIpc) is 3.19. The van der Waals surface area contributed by atoms with Crippen LogP contribution < -0.4 is 0 Å². The molecule has 0 aliphatic rings. The van der Waals surface area contributed by atoms with Crippen molar-refractivity contribution < 1.29 is 28.6 Å². The lowest BCUT2D eigenvalue weighted by atomic mass is 10.00. The maximum absolute atomic E-state index is 12.7. The van der Waals surface area contributed by atoms with Gasteiger partial charge in [-0.3, -0.25) is 14.4 Å². The molecule has 0 amide bonds. The zero-order valence-corrected chi connectivity index (χ0v) is 39.0. The molecule has 0 aromatic rings. The van der Waals surface area contributed by atoms with Crippen LogP contribution >= 0.6 is 0 Å². The maximum atomic E-state index is 12.7. The molecule has 1 unspecified atom stereocenters. The highest BCUT2D eigenvalue weighted by Gasteiger charge is 2.19. The molecule has 0 saturated carbocycles. The molecule has 0 aromatic heterocycles. The Morgan fingerprint density at radius 2 is 0.667 bits per heavy atom. The molecule has 0 spiro atoms. The zero-order valence-electron chi connectivity index (χ0n) is 39.0. The van der Waals surface area contributed by atoms with E-state index in [0.29, 0.717) is 19.3 Å². The van der Waals surface area contributed by atoms with Gasteiger partial charge in [-0.15, -0.1) is 0 Å². The normalized spacial score (nSPS) is 12.5. The molecular weight excluding hydrogens is 709 g/mol. The summed E-state index contributed by atoms with van der Waals surface area (Å²) in [6.45, 7) is 11.3. The third kappa shape index (κ3) is 43.8. The average molecular weight is 807 g/mol. The molecular formula is C51H98O6. The molecule has 0 heterocycles. The van der Waals surface area contributed by atoms with E-state index >= 15 is 0 Å². The number of carbonyl (C=O) groups excluding carboxylic acids is 3. The quantitative estimate of drug-likeness (QED) is 0.0346. The first-order chi connectivity index (χ1) is 27.8. The van der Waals surface area contributed by atoms with Gasteiger partial charge in [0.15, 0.2) is 6.10 Å². The van der Waals surface area contributed by atoms with E-state index in [4.69, 9.17) is 14.2 Å². The maximum Gasteiger partial charge on any atom is 0.306 e. The third-order valence-electron chi connectivity index (χ3n) is 11.8. The van der Waals surface area contributed by atoms with Gasteiger partial charge in [-0.1, -0.05) is 240 Å². The standard InChI is InChI=1S/C51H98O6/c1-6-8-9-10-11-12-13-15-19-22-25-31-36-41-49(52)55-44-48(57-51(54)43-38-33-28-27-30-35-40-47(5)7-2)45-56-50(53)42-37-32-26-23-20-17-14-16-18-21-24-29-34-39-46(3)4/h46-48H,6-45H2,1-5H3/t47?,48-/m1/s1. The number of hydrogen-bond donors (Lipinski definition) is 0. The minimum absolute atomic E-state index is 0.0647. The molecule has 338 valence electrons. The van der Waals surface area contributed by atoms with Crippen molar-refractivity contribution in [2.24, 2.45) is 11.8 Å². The van der Waals surface area contributed by atoms with Gasteiger partial charge in [0.1, 0.15) is 13.2 Å². The lowest BCUT2D eigenvalue weighted by Crippen LogP contribution is -2.30. The lowest BCUT2D eigenvalue weighted by molar-refractivity contribution is -0.167. The second kappa shape index (κ2) is 44.0. The van der Waals surface area contributed by atoms with Crippen LogP contribution in [0.2, 0.25) is 0 Å². The molecule has 0 aromatic carbocycles. The molecule has 0 radical (unpaired) electrons. The summed E-state index contributed by atoms with van der Waals surface area (Å²) in [4.78, 5) is 37.9. The van der Waals surface area contributed by atoms with E-state index in [1.165, 1.54) is 167 Å². The highest BCUT2D eigenvalue weighted by molar-refractivity contribution is 5.71. The van der Waals surface area contributed by atoms with Crippen LogP contribution in [0, 0.1) is 11.8 Å². The second-order valence-electron chi connectivity index (χ2n) is 18.2. The monoisotopic (exact) mass is 807 g/mol. The second-order valence-corrected chi connectivity index (χ2v) is 18.2. The van der Waals surface area contributed by atoms with Crippen LogP contribution in [0.15, 0.2) is 0 Å². The summed E-state index contributed by atoms with van der Waals surface area (Å²) in [6, 6.07) is 0. The molecule has 0 fully saturated rings. The fourth-order valence-corrected chi connectivity index (χ4v) is 7.60. The summed E-state index contributed by atoms with van der Waals surface area (Å²) in [5, 5.41) is 0. The lowest BCUT2D eigenvalue weighted by Gasteiger charge is -2.18. The van der Waals surface area contributed by atoms with Gasteiger partial charge < -0.3 is 14.2 Å². The first kappa shape index (κ1) is 55.4. The van der Waals surface area contributed by atoms with Gasteiger partial charge in [-0.05, 0) is 31.1 Å². The van der Waals surface area contributed by atoms with Crippen molar-refractivity contribution in [3.8, 4) is 0 Å². The molecule has 2 atom stereocenters. The Morgan fingerprint density at radius 1 is 0.368 bits per heavy atom. The Balaban J connectivity index is 4.28. The minimum Gasteiger partial charge on any atom is -0.462 e. The molecule has 6 heteroatoms. The first-order valence-electron chi connectivity index (χ1n) is 25.3. The molecule has 6 nitrogen and oxygen atoms in total. The predicted molar refractivity (Wildman–Crippen MR) is 243 cm³/mol. The minimum atomic E-state index is -0.762. The SMILES string of the molecule is CCCCCCCCCCCCCCCC(=O)OC[C@H](COC(=O)CCCCCCCCCCCCCCCC(C)C)OC(=O)CCCCCCCCC(C)CC. The van der Waals surface area contributed by atoms with Crippen molar-refractivity contribution >= 4 is 17.9 Å². The Morgan fingerprint density at radius 3 is 1.00 bits per heavy atom. The number of carbonyl (C=O) groups is 3. The molecule has 0 aliphatic carbocycles. The van der Waals surface area contributed by atoms with Crippen LogP contribution in [-0.4, -0.2) is 37.2 Å². The number of hydrogen-bond acceptors (Lipinski definition) is 6. The van der Waals surface area contributed by atoms with E-state index < -0.39 is 6.10 Å². The van der Waals surface area contributed by atoms with Gasteiger partial charge in [-0.25, -0.2) is 0 Å². The number of rotatable bonds is 45. The third-order valence-corrected chi connectivity index (χ3v) is 11.8. The summed E-state index contributed by atoms with van der Waals surface area (Å²) < 4.78 is 16.8. The molecule has 0 N–H and O–H groups in total. The van der Waals surface area contributed by atoms with Gasteiger partial charge in [0.2, 0.25) is 0 Å². The topological polar surface area (TPSA) is 78.9 Å². The summed E-state index contributed by atoms with van der Waals surface area (Å²) in [5.41, 5.74) is 0. The number of ether oxygens (including phenoxy) is 3. The largest absolute Gasteiger partial charge is 0.462 e. The zero-order chi connectivity index (χ0) is 41.9. The van der Waals surface area contributed by atoms with Gasteiger partial charge in [0, 0.05) is 19.3 Å². The summed E-state index contributed by atoms with van der Waals surface area (Å²) in [5.74, 6) is 0.797. The summed E-state index contributed by atoms with van der Waals surface area (Å²) in [7, 11) is 0. The molecule has 0 aliphatic heterocycles. The highest BCUT2D eigenvalue weighted by Crippen LogP contribution is 2.17. The molecule has 0 rings (SSSR count). The highest BCUT2D eigenvalue weighted by atomic mass is 16.6. The van der Waals surface area contributed by atoms with Crippen molar-refractivity contribution in [2.45, 2.75) is 285 Å². The van der Waals surface area contributed by atoms with E-state index in [2.05, 4.69) is 34.6 Å². The van der Waals surface area contributed by atoms with Crippen LogP contribution in [0.3, 0.4) is 0 Å². The van der Waals surface area contributed by atoms with Gasteiger partial charge in [0.25, 0.3) is 0 Å². The van der Waals surface area contributed by atoms with Crippen LogP contribution in [-0.2, 0) is 28.6 Å². The predicted octanol–water partition coefficient (Wildman–Crippen LogP) is 16.1. The Hall–Kier alpha value is -1.59. The summed E-state index contributed by atoms with van der Waals surface area (Å²) >= 11 is 0. The van der Waals surface area contributed by atoms with Gasteiger partial charge >= 0.3 is 17.9 Å². The van der Waals surface area contributed by atoms with E-state index in [9.17, 15) is 14.4 Å². The number of unbranched alkanes of at least 4 members (excludes halogenated alkanes) is 29. The van der Waals surface area contributed by atoms with Crippen molar-refractivity contribution in [1.82, 2.24) is 0 Å². The van der Waals surface area contributed by atoms with E-state index in [1.807, 2.05) is 0 Å². The van der Waals surface area contributed by atoms with Crippen molar-refractivity contribution in [3.05, 3.63) is 0 Å². The van der Waals surface area contributed by atoms with Crippen molar-refractivity contribution in [3.63, 3.8) is 0 Å². The number of esters is 3. The fourth-order valence-electron chi connectivity index (χ4n) is 7.60. The smallest absolute Gasteiger partial charge is 0.306 e. The first-order valence-corrected chi connectivity index (χ1v) is 25.3. The molecule has 57 heavy (non-hydrogen) atoms.